The Hall–Kier alpha value is 1.81. The van der Waals surface area contributed by atoms with E-state index in [1.165, 1.54) is 0 Å². The van der Waals surface area contributed by atoms with Gasteiger partial charge in [0, 0.05) is 0 Å². The van der Waals surface area contributed by atoms with Crippen LogP contribution >= 0.6 is 8.26 Å². The maximum Gasteiger partial charge on any atom is 1.00 e. The molecule has 4 heavy (non-hydrogen) atoms. The van der Waals surface area contributed by atoms with Crippen molar-refractivity contribution < 1.29 is 56.3 Å². The largest absolute Gasteiger partial charge is 1.00 e. The van der Waals surface area contributed by atoms with Gasteiger partial charge in [0.1, 0.15) is 0 Å². The van der Waals surface area contributed by atoms with E-state index in [0.717, 1.165) is 0 Å². The molecule has 0 spiro atoms. The minimum atomic E-state index is -0.333. The molecule has 0 unspecified atom stereocenters. The third-order valence-corrected chi connectivity index (χ3v) is 0. The summed E-state index contributed by atoms with van der Waals surface area (Å²) in [5.41, 5.74) is 0. The van der Waals surface area contributed by atoms with Crippen LogP contribution in [0.4, 0.5) is 0 Å². The third kappa shape index (κ3) is 9.19. The van der Waals surface area contributed by atoms with Gasteiger partial charge in [-0.3, -0.25) is 0 Å². The van der Waals surface area contributed by atoms with Crippen LogP contribution in [-0.4, -0.2) is 0 Å². The molecular weight excluding hydrogens is 98.1 g/mol. The molecule has 0 radical (unpaired) electrons. The van der Waals surface area contributed by atoms with Crippen molar-refractivity contribution in [3.05, 3.63) is 0 Å². The summed E-state index contributed by atoms with van der Waals surface area (Å²) in [6, 6.07) is 0. The molecule has 0 heterocycles. The van der Waals surface area contributed by atoms with Crippen LogP contribution in [0.3, 0.4) is 0 Å². The van der Waals surface area contributed by atoms with Gasteiger partial charge in [0.25, 0.3) is 0 Å². The van der Waals surface area contributed by atoms with Crippen molar-refractivity contribution in [2.75, 3.05) is 0 Å². The van der Waals surface area contributed by atoms with Crippen molar-refractivity contribution in [1.29, 1.82) is 0 Å². The fourth-order valence-corrected chi connectivity index (χ4v) is 0. The van der Waals surface area contributed by atoms with E-state index < -0.39 is 0 Å². The van der Waals surface area contributed by atoms with Crippen LogP contribution in [0.5, 0.6) is 0 Å². The van der Waals surface area contributed by atoms with E-state index in [-0.39, 0.29) is 59.6 Å². The van der Waals surface area contributed by atoms with Gasteiger partial charge in [-0.05, 0) is 0 Å². The summed E-state index contributed by atoms with van der Waals surface area (Å²) < 4.78 is 0. The summed E-state index contributed by atoms with van der Waals surface area (Å²) in [7, 11) is -0.333. The molecule has 1 nitrogen and oxygen atoms in total. The van der Waals surface area contributed by atoms with Crippen molar-refractivity contribution in [2.24, 2.45) is 0 Å². The monoisotopic (exact) mass is 98.9 g/mol. The molecule has 0 aromatic carbocycles. The van der Waals surface area contributed by atoms with Crippen molar-refractivity contribution in [3.8, 4) is 6.13 Å². The van der Waals surface area contributed by atoms with E-state index >= 15 is 0 Å². The van der Waals surface area contributed by atoms with E-state index in [2.05, 4.69) is 6.13 Å². The van der Waals surface area contributed by atoms with Gasteiger partial charge in [-0.15, -0.1) is 0 Å². The Balaban J connectivity index is 0. The van der Waals surface area contributed by atoms with Crippen LogP contribution in [-0.2, 0) is 0 Å². The summed E-state index contributed by atoms with van der Waals surface area (Å²) in [6.07, 6.45) is 4.26. The van der Waals surface area contributed by atoms with Crippen LogP contribution in [0.1, 0.15) is 0 Å². The first-order chi connectivity index (χ1) is 1.41. The summed E-state index contributed by atoms with van der Waals surface area (Å²) in [6.45, 7) is 0. The van der Waals surface area contributed by atoms with E-state index in [1.807, 2.05) is 0 Å². The van der Waals surface area contributed by atoms with Crippen LogP contribution in [0, 0.1) is 6.13 Å². The van der Waals surface area contributed by atoms with Gasteiger partial charge in [0.2, 0.25) is 0 Å². The molecule has 0 bridgehead atoms. The molecule has 0 saturated heterocycles. The Labute approximate surface area is 69.4 Å². The fourth-order valence-electron chi connectivity index (χ4n) is 0. The second-order valence-corrected chi connectivity index (χ2v) is 0.316. The Morgan fingerprint density at radius 1 is 1.75 bits per heavy atom. The maximum absolute atomic E-state index is 8.68. The predicted octanol–water partition coefficient (Wildman–Crippen LogP) is -3.20. The summed E-state index contributed by atoms with van der Waals surface area (Å²) in [4.78, 5) is 8.68. The van der Waals surface area contributed by atoms with Gasteiger partial charge in [-0.1, -0.05) is 0 Å². The zero-order chi connectivity index (χ0) is 2.71. The summed E-state index contributed by atoms with van der Waals surface area (Å²) >= 11 is 0. The normalized spacial score (nSPS) is 3.00. The van der Waals surface area contributed by atoms with Crippen molar-refractivity contribution in [3.63, 3.8) is 0 Å². The molecule has 0 aromatic rings. The van der Waals surface area contributed by atoms with Crippen molar-refractivity contribution in [1.82, 2.24) is 0 Å². The molecule has 3 heteroatoms. The Bertz CT molecular complexity index is 29.5. The first-order valence-corrected chi connectivity index (χ1v) is 1.32. The van der Waals surface area contributed by atoms with Crippen LogP contribution in [0.25, 0.3) is 0 Å². The molecular formula is CHKOP+. The van der Waals surface area contributed by atoms with Crippen molar-refractivity contribution in [2.45, 2.75) is 0 Å². The van der Waals surface area contributed by atoms with E-state index in [0.29, 0.717) is 0 Å². The summed E-state index contributed by atoms with van der Waals surface area (Å²) in [5, 5.41) is 0. The zero-order valence-corrected chi connectivity index (χ0v) is 6.45. The molecule has 0 amide bonds. The Morgan fingerprint density at radius 2 is 1.75 bits per heavy atom. The topological polar surface area (TPSA) is 23.1 Å². The molecule has 0 aliphatic heterocycles. The van der Waals surface area contributed by atoms with Crippen molar-refractivity contribution >= 4 is 8.26 Å². The van der Waals surface area contributed by atoms with Gasteiger partial charge in [-0.2, -0.15) is 0 Å². The van der Waals surface area contributed by atoms with E-state index in [1.54, 1.807) is 0 Å². The van der Waals surface area contributed by atoms with Crippen LogP contribution < -0.4 is 56.3 Å². The second kappa shape index (κ2) is 8.84. The molecule has 0 fully saturated rings. The molecule has 16 valence electrons. The van der Waals surface area contributed by atoms with E-state index in [4.69, 9.17) is 4.89 Å². The minimum absolute atomic E-state index is 0. The fraction of sp³-hybridized carbons (Fsp3) is 0. The SMILES string of the molecule is C#[P+][O-].[K+]. The number of rotatable bonds is 0. The third-order valence-electron chi connectivity index (χ3n) is 0. The van der Waals surface area contributed by atoms with Gasteiger partial charge < -0.3 is 0 Å². The number of hydrogen-bond acceptors (Lipinski definition) is 1. The molecule has 0 aliphatic carbocycles. The first-order valence-electron chi connectivity index (χ1n) is 0.441. The molecule has 0 N–H and O–H groups in total. The predicted molar refractivity (Wildman–Crippen MR) is 11.9 cm³/mol. The first kappa shape index (κ1) is 9.26. The zero-order valence-electron chi connectivity index (χ0n) is 2.43. The molecule has 0 atom stereocenters. The quantitative estimate of drug-likeness (QED) is 0.232. The van der Waals surface area contributed by atoms with Crippen LogP contribution in [0.2, 0.25) is 0 Å². The molecule has 0 saturated carbocycles. The molecule has 0 aromatic heterocycles. The minimum Gasteiger partial charge on any atom is 1.00 e. The summed E-state index contributed by atoms with van der Waals surface area (Å²) in [5.74, 6) is 0. The van der Waals surface area contributed by atoms with Gasteiger partial charge in [-0.25, -0.2) is 0 Å². The van der Waals surface area contributed by atoms with Gasteiger partial charge in [0.05, 0.1) is 0 Å². The molecule has 0 rings (SSSR count). The molecule has 0 aliphatic rings. The number of hydrogen-bond donors (Lipinski definition) is 0. The average molecular weight is 99.1 g/mol. The second-order valence-electron chi connectivity index (χ2n) is 0.105. The average Bonchev–Trinajstić information content (AvgIpc) is 0.918. The maximum atomic E-state index is 8.68. The Kier molecular flexibility index (Phi) is 20.5. The Morgan fingerprint density at radius 3 is 1.75 bits per heavy atom. The van der Waals surface area contributed by atoms with Gasteiger partial charge in [0.15, 0.2) is 0 Å². The van der Waals surface area contributed by atoms with Crippen LogP contribution in [0.15, 0.2) is 0 Å². The smallest absolute Gasteiger partial charge is 1.00 e. The van der Waals surface area contributed by atoms with Gasteiger partial charge >= 0.3 is 70.7 Å². The van der Waals surface area contributed by atoms with E-state index in [9.17, 15) is 0 Å². The standard InChI is InChI=1S/CHOP.K/c1-3-2;/h1H;/q;+1.